The zero-order chi connectivity index (χ0) is 10.7. The van der Waals surface area contributed by atoms with Crippen molar-refractivity contribution in [3.05, 3.63) is 23.9 Å². The Kier molecular flexibility index (Phi) is 3.47. The van der Waals surface area contributed by atoms with Crippen molar-refractivity contribution in [1.29, 1.82) is 0 Å². The first-order chi connectivity index (χ1) is 7.31. The van der Waals surface area contributed by atoms with Crippen LogP contribution in [-0.4, -0.2) is 17.5 Å². The monoisotopic (exact) mass is 225 g/mol. The highest BCUT2D eigenvalue weighted by Crippen LogP contribution is 2.38. The molecule has 0 radical (unpaired) electrons. The van der Waals surface area contributed by atoms with Crippen LogP contribution in [0.15, 0.2) is 18.3 Å². The van der Waals surface area contributed by atoms with Gasteiger partial charge < -0.3 is 4.74 Å². The SMILES string of the molecule is COc1ncccc1C1CCCC(Cl)C1. The van der Waals surface area contributed by atoms with Gasteiger partial charge in [-0.2, -0.15) is 0 Å². The van der Waals surface area contributed by atoms with Gasteiger partial charge in [-0.15, -0.1) is 11.6 Å². The van der Waals surface area contributed by atoms with Crippen LogP contribution in [0.4, 0.5) is 0 Å². The molecule has 1 aromatic heterocycles. The largest absolute Gasteiger partial charge is 0.481 e. The molecule has 2 atom stereocenters. The predicted molar refractivity (Wildman–Crippen MR) is 61.6 cm³/mol. The van der Waals surface area contributed by atoms with Crippen LogP contribution < -0.4 is 4.74 Å². The van der Waals surface area contributed by atoms with Gasteiger partial charge in [0.25, 0.3) is 0 Å². The highest BCUT2D eigenvalue weighted by molar-refractivity contribution is 6.20. The minimum absolute atomic E-state index is 0.314. The molecular weight excluding hydrogens is 210 g/mol. The fraction of sp³-hybridized carbons (Fsp3) is 0.583. The Bertz CT molecular complexity index is 329. The molecule has 0 amide bonds. The molecule has 1 heterocycles. The fourth-order valence-electron chi connectivity index (χ4n) is 2.30. The molecule has 0 aromatic carbocycles. The number of hydrogen-bond acceptors (Lipinski definition) is 2. The van der Waals surface area contributed by atoms with Crippen LogP contribution in [0.5, 0.6) is 5.88 Å². The molecule has 0 spiro atoms. The van der Waals surface area contributed by atoms with E-state index in [1.165, 1.54) is 18.4 Å². The number of aromatic nitrogens is 1. The summed E-state index contributed by atoms with van der Waals surface area (Å²) in [4.78, 5) is 4.23. The Hall–Kier alpha value is -0.760. The van der Waals surface area contributed by atoms with Gasteiger partial charge in [0.1, 0.15) is 0 Å². The zero-order valence-corrected chi connectivity index (χ0v) is 9.70. The first-order valence-electron chi connectivity index (χ1n) is 5.44. The molecule has 1 aliphatic carbocycles. The van der Waals surface area contributed by atoms with Gasteiger partial charge in [-0.05, 0) is 31.2 Å². The molecule has 2 nitrogen and oxygen atoms in total. The lowest BCUT2D eigenvalue weighted by Gasteiger charge is -2.26. The van der Waals surface area contributed by atoms with Gasteiger partial charge in [0.05, 0.1) is 7.11 Å². The lowest BCUT2D eigenvalue weighted by atomic mass is 9.84. The quantitative estimate of drug-likeness (QED) is 0.721. The molecule has 0 N–H and O–H groups in total. The highest BCUT2D eigenvalue weighted by Gasteiger charge is 2.24. The van der Waals surface area contributed by atoms with Gasteiger partial charge in [-0.3, -0.25) is 0 Å². The number of rotatable bonds is 2. The highest BCUT2D eigenvalue weighted by atomic mass is 35.5. The molecule has 1 aliphatic rings. The normalized spacial score (nSPS) is 26.3. The van der Waals surface area contributed by atoms with E-state index in [2.05, 4.69) is 11.1 Å². The summed E-state index contributed by atoms with van der Waals surface area (Å²) in [6, 6.07) is 4.07. The standard InChI is InChI=1S/C12H16ClNO/c1-15-12-11(6-3-7-14-12)9-4-2-5-10(13)8-9/h3,6-7,9-10H,2,4-5,8H2,1H3. The third-order valence-corrected chi connectivity index (χ3v) is 3.44. The molecule has 15 heavy (non-hydrogen) atoms. The summed E-state index contributed by atoms with van der Waals surface area (Å²) in [5.74, 6) is 1.28. The summed E-state index contributed by atoms with van der Waals surface area (Å²) in [6.07, 6.45) is 6.36. The number of halogens is 1. The number of ether oxygens (including phenoxy) is 1. The van der Waals surface area contributed by atoms with Gasteiger partial charge in [-0.25, -0.2) is 4.98 Å². The van der Waals surface area contributed by atoms with E-state index in [1.54, 1.807) is 13.3 Å². The molecule has 0 bridgehead atoms. The minimum Gasteiger partial charge on any atom is -0.481 e. The number of methoxy groups -OCH3 is 1. The van der Waals surface area contributed by atoms with Crippen molar-refractivity contribution in [3.8, 4) is 5.88 Å². The van der Waals surface area contributed by atoms with Gasteiger partial charge in [0.15, 0.2) is 0 Å². The van der Waals surface area contributed by atoms with Crippen LogP contribution in [0.3, 0.4) is 0 Å². The lowest BCUT2D eigenvalue weighted by molar-refractivity contribution is 0.374. The summed E-state index contributed by atoms with van der Waals surface area (Å²) in [5.41, 5.74) is 1.21. The van der Waals surface area contributed by atoms with Crippen molar-refractivity contribution in [2.45, 2.75) is 37.0 Å². The number of nitrogens with zero attached hydrogens (tertiary/aromatic N) is 1. The van der Waals surface area contributed by atoms with Crippen molar-refractivity contribution in [2.75, 3.05) is 7.11 Å². The fourth-order valence-corrected chi connectivity index (χ4v) is 2.67. The van der Waals surface area contributed by atoms with E-state index < -0.39 is 0 Å². The van der Waals surface area contributed by atoms with Crippen LogP contribution in [0.2, 0.25) is 0 Å². The predicted octanol–water partition coefficient (Wildman–Crippen LogP) is 3.36. The van der Waals surface area contributed by atoms with E-state index in [0.717, 1.165) is 18.7 Å². The number of alkyl halides is 1. The van der Waals surface area contributed by atoms with E-state index in [4.69, 9.17) is 16.3 Å². The molecule has 3 heteroatoms. The van der Waals surface area contributed by atoms with E-state index >= 15 is 0 Å². The van der Waals surface area contributed by atoms with Crippen molar-refractivity contribution >= 4 is 11.6 Å². The maximum absolute atomic E-state index is 6.20. The molecule has 82 valence electrons. The smallest absolute Gasteiger partial charge is 0.216 e. The Balaban J connectivity index is 2.20. The van der Waals surface area contributed by atoms with Gasteiger partial charge in [0, 0.05) is 17.1 Å². The topological polar surface area (TPSA) is 22.1 Å². The summed E-state index contributed by atoms with van der Waals surface area (Å²) in [7, 11) is 1.67. The van der Waals surface area contributed by atoms with Gasteiger partial charge >= 0.3 is 0 Å². The summed E-state index contributed by atoms with van der Waals surface area (Å²) < 4.78 is 5.28. The van der Waals surface area contributed by atoms with Gasteiger partial charge in [-0.1, -0.05) is 12.5 Å². The number of hydrogen-bond donors (Lipinski definition) is 0. The molecule has 1 aromatic rings. The molecule has 2 unspecified atom stereocenters. The molecule has 2 rings (SSSR count). The van der Waals surface area contributed by atoms with Crippen LogP contribution in [-0.2, 0) is 0 Å². The van der Waals surface area contributed by atoms with Crippen molar-refractivity contribution in [3.63, 3.8) is 0 Å². The molecule has 0 saturated heterocycles. The average Bonchev–Trinajstić information content (AvgIpc) is 2.29. The third-order valence-electron chi connectivity index (χ3n) is 3.04. The Morgan fingerprint density at radius 2 is 2.33 bits per heavy atom. The molecular formula is C12H16ClNO. The minimum atomic E-state index is 0.314. The Labute approximate surface area is 95.6 Å². The van der Waals surface area contributed by atoms with Crippen LogP contribution in [0, 0.1) is 0 Å². The molecule has 1 saturated carbocycles. The first-order valence-corrected chi connectivity index (χ1v) is 5.88. The van der Waals surface area contributed by atoms with Crippen LogP contribution in [0.1, 0.15) is 37.2 Å². The first kappa shape index (κ1) is 10.7. The van der Waals surface area contributed by atoms with Gasteiger partial charge in [0.2, 0.25) is 5.88 Å². The third kappa shape index (κ3) is 2.43. The zero-order valence-electron chi connectivity index (χ0n) is 8.95. The Morgan fingerprint density at radius 3 is 3.07 bits per heavy atom. The second kappa shape index (κ2) is 4.84. The average molecular weight is 226 g/mol. The van der Waals surface area contributed by atoms with Crippen molar-refractivity contribution in [2.24, 2.45) is 0 Å². The van der Waals surface area contributed by atoms with E-state index in [1.807, 2.05) is 6.07 Å². The van der Waals surface area contributed by atoms with Crippen molar-refractivity contribution in [1.82, 2.24) is 4.98 Å². The van der Waals surface area contributed by atoms with E-state index in [9.17, 15) is 0 Å². The van der Waals surface area contributed by atoms with Crippen molar-refractivity contribution < 1.29 is 4.74 Å². The molecule has 1 fully saturated rings. The molecule has 0 aliphatic heterocycles. The maximum Gasteiger partial charge on any atom is 0.216 e. The van der Waals surface area contributed by atoms with Crippen LogP contribution in [0.25, 0.3) is 0 Å². The van der Waals surface area contributed by atoms with Crippen LogP contribution >= 0.6 is 11.6 Å². The number of pyridine rings is 1. The summed E-state index contributed by atoms with van der Waals surface area (Å²) in [5, 5.41) is 0.314. The lowest BCUT2D eigenvalue weighted by Crippen LogP contribution is -2.14. The Morgan fingerprint density at radius 1 is 1.47 bits per heavy atom. The van der Waals surface area contributed by atoms with E-state index in [-0.39, 0.29) is 0 Å². The van der Waals surface area contributed by atoms with E-state index in [0.29, 0.717) is 11.3 Å². The second-order valence-electron chi connectivity index (χ2n) is 4.06. The summed E-state index contributed by atoms with van der Waals surface area (Å²) >= 11 is 6.20. The second-order valence-corrected chi connectivity index (χ2v) is 4.68. The maximum atomic E-state index is 6.20. The summed E-state index contributed by atoms with van der Waals surface area (Å²) in [6.45, 7) is 0.